The van der Waals surface area contributed by atoms with Gasteiger partial charge in [-0.2, -0.15) is 42.0 Å². The van der Waals surface area contributed by atoms with Gasteiger partial charge >= 0.3 is 118 Å². The van der Waals surface area contributed by atoms with E-state index in [0.717, 1.165) is 45.5 Å². The topological polar surface area (TPSA) is 0 Å². The van der Waals surface area contributed by atoms with Crippen molar-refractivity contribution in [2.45, 2.75) is 65.0 Å². The molecule has 0 atom stereocenters. The Morgan fingerprint density at radius 3 is 1.80 bits per heavy atom. The SMILES string of the molecule is CC(C)(C)c1[c-]c2c(cc1)-c1ccc(C(C)(C)C)cc1C2.FC(F)(F)c1cccc([C](=[Zr+2])c2ccccc2)c1.[Cl-].[Cl-].c1cc[cH-]c1. The molecule has 5 aromatic rings. The van der Waals surface area contributed by atoms with Gasteiger partial charge in [-0.15, -0.1) is 11.1 Å². The molecule has 46 heavy (non-hydrogen) atoms. The molecule has 6 rings (SSSR count). The second kappa shape index (κ2) is 16.5. The Balaban J connectivity index is 0.000000270. The summed E-state index contributed by atoms with van der Waals surface area (Å²) in [7, 11) is 0. The van der Waals surface area contributed by atoms with Crippen LogP contribution in [0.1, 0.15) is 80.5 Å². The maximum absolute atomic E-state index is 12.6. The second-order valence-electron chi connectivity index (χ2n) is 13.1. The summed E-state index contributed by atoms with van der Waals surface area (Å²) in [6.45, 7) is 13.6. The Labute approximate surface area is 300 Å². The van der Waals surface area contributed by atoms with Gasteiger partial charge in [0.1, 0.15) is 0 Å². The van der Waals surface area contributed by atoms with E-state index in [9.17, 15) is 13.2 Å². The molecule has 6 heteroatoms. The maximum Gasteiger partial charge on any atom is -0.172 e. The van der Waals surface area contributed by atoms with Gasteiger partial charge in [0, 0.05) is 0 Å². The van der Waals surface area contributed by atoms with E-state index in [-0.39, 0.29) is 35.6 Å². The normalized spacial score (nSPS) is 11.7. The van der Waals surface area contributed by atoms with Crippen molar-refractivity contribution >= 4 is 3.21 Å². The van der Waals surface area contributed by atoms with Gasteiger partial charge in [-0.25, -0.2) is 12.1 Å². The van der Waals surface area contributed by atoms with Crippen molar-refractivity contribution in [2.24, 2.45) is 0 Å². The molecular formula is C40H39Cl2F3Zr-2. The molecule has 0 saturated carbocycles. The average Bonchev–Trinajstić information content (AvgIpc) is 3.68. The van der Waals surface area contributed by atoms with Crippen LogP contribution in [0.3, 0.4) is 0 Å². The van der Waals surface area contributed by atoms with Crippen molar-refractivity contribution in [1.82, 2.24) is 0 Å². The van der Waals surface area contributed by atoms with Crippen LogP contribution in [0.2, 0.25) is 0 Å². The number of rotatable bonds is 2. The first-order chi connectivity index (χ1) is 20.6. The van der Waals surface area contributed by atoms with Gasteiger partial charge in [0.05, 0.1) is 0 Å². The van der Waals surface area contributed by atoms with Crippen LogP contribution in [0.15, 0.2) is 115 Å². The van der Waals surface area contributed by atoms with Gasteiger partial charge in [0.25, 0.3) is 0 Å². The van der Waals surface area contributed by atoms with E-state index in [1.807, 2.05) is 60.7 Å². The minimum atomic E-state index is -4.29. The summed E-state index contributed by atoms with van der Waals surface area (Å²) in [5.41, 5.74) is 9.71. The fraction of sp³-hybridized carbons (Fsp3) is 0.250. The molecule has 0 aromatic heterocycles. The summed E-state index contributed by atoms with van der Waals surface area (Å²) in [5, 5.41) is 0. The van der Waals surface area contributed by atoms with E-state index in [2.05, 4.69) is 77.9 Å². The molecule has 0 N–H and O–H groups in total. The van der Waals surface area contributed by atoms with Gasteiger partial charge in [-0.3, -0.25) is 0 Å². The van der Waals surface area contributed by atoms with Crippen molar-refractivity contribution < 1.29 is 62.2 Å². The molecule has 1 aliphatic rings. The standard InChI is InChI=1S/C21H25.C14H9F3.C5H5.2ClH.Zr/c1-20(2,3)16-7-9-18-14(12-16)11-15-13-17(21(4,5)6)8-10-19(15)18;15-14(16,17)13-8-4-7-12(10-13)9-11-5-2-1-3-6-11;1-2-4-5-3-1;;;/h7-10,12H,11H2,1-6H3;1-8,10H;1-5H;2*1H;/q-1;;-1;;;+2/p-2. The molecule has 0 amide bonds. The molecule has 0 bridgehead atoms. The number of benzene rings is 4. The number of hydrogen-bond acceptors (Lipinski definition) is 0. The third-order valence-electron chi connectivity index (χ3n) is 7.56. The van der Waals surface area contributed by atoms with Crippen LogP contribution < -0.4 is 24.8 Å². The Morgan fingerprint density at radius 2 is 1.26 bits per heavy atom. The third kappa shape index (κ3) is 10.4. The summed E-state index contributed by atoms with van der Waals surface area (Å²) in [6, 6.07) is 40.1. The van der Waals surface area contributed by atoms with Crippen molar-refractivity contribution in [1.29, 1.82) is 0 Å². The summed E-state index contributed by atoms with van der Waals surface area (Å²) in [6.07, 6.45) is -3.26. The van der Waals surface area contributed by atoms with Crippen LogP contribution in [-0.2, 0) is 47.7 Å². The first kappa shape index (κ1) is 39.5. The smallest absolute Gasteiger partial charge is 0.172 e. The number of hydrogen-bond donors (Lipinski definition) is 0. The van der Waals surface area contributed by atoms with Crippen molar-refractivity contribution in [3.63, 3.8) is 0 Å². The molecule has 240 valence electrons. The van der Waals surface area contributed by atoms with Gasteiger partial charge in [-0.1, -0.05) is 65.3 Å². The summed E-state index contributed by atoms with van der Waals surface area (Å²) < 4.78 is 38.8. The molecule has 0 saturated heterocycles. The molecule has 0 fully saturated rings. The number of halogens is 5. The Bertz CT molecular complexity index is 1610. The molecule has 5 aromatic carbocycles. The largest absolute Gasteiger partial charge is 1.00 e. The van der Waals surface area contributed by atoms with E-state index in [1.54, 1.807) is 6.07 Å². The van der Waals surface area contributed by atoms with E-state index < -0.39 is 11.7 Å². The molecule has 0 radical (unpaired) electrons. The zero-order chi connectivity index (χ0) is 32.1. The quantitative estimate of drug-likeness (QED) is 0.222. The van der Waals surface area contributed by atoms with E-state index in [4.69, 9.17) is 0 Å². The fourth-order valence-electron chi connectivity index (χ4n) is 4.97. The van der Waals surface area contributed by atoms with Crippen molar-refractivity contribution in [3.05, 3.63) is 160 Å². The van der Waals surface area contributed by atoms with Crippen LogP contribution in [0, 0.1) is 6.07 Å². The molecule has 1 aliphatic carbocycles. The first-order valence-corrected chi connectivity index (χ1v) is 16.1. The van der Waals surface area contributed by atoms with E-state index >= 15 is 0 Å². The van der Waals surface area contributed by atoms with Crippen molar-refractivity contribution in [3.8, 4) is 11.1 Å². The zero-order valence-electron chi connectivity index (χ0n) is 27.1. The van der Waals surface area contributed by atoms with Crippen molar-refractivity contribution in [2.75, 3.05) is 0 Å². The summed E-state index contributed by atoms with van der Waals surface area (Å²) in [5.74, 6) is 0. The van der Waals surface area contributed by atoms with E-state index in [0.29, 0.717) is 5.56 Å². The monoisotopic (exact) mass is 736 g/mol. The number of fused-ring (bicyclic) bond motifs is 3. The van der Waals surface area contributed by atoms with Gasteiger partial charge < -0.3 is 24.8 Å². The van der Waals surface area contributed by atoms with Crippen LogP contribution in [-0.4, -0.2) is 3.21 Å². The van der Waals surface area contributed by atoms with Crippen LogP contribution >= 0.6 is 0 Å². The first-order valence-electron chi connectivity index (χ1n) is 14.8. The van der Waals surface area contributed by atoms with Gasteiger partial charge in [0.2, 0.25) is 0 Å². The number of alkyl halides is 3. The van der Waals surface area contributed by atoms with Crippen LogP contribution in [0.25, 0.3) is 11.1 Å². The Morgan fingerprint density at radius 1 is 0.652 bits per heavy atom. The summed E-state index contributed by atoms with van der Waals surface area (Å²) >= 11 is 1.09. The molecule has 0 heterocycles. The molecule has 0 nitrogen and oxygen atoms in total. The minimum Gasteiger partial charge on any atom is -1.00 e. The maximum atomic E-state index is 12.6. The van der Waals surface area contributed by atoms with E-state index in [1.165, 1.54) is 45.5 Å². The predicted molar refractivity (Wildman–Crippen MR) is 174 cm³/mol. The molecule has 0 unspecified atom stereocenters. The zero-order valence-corrected chi connectivity index (χ0v) is 31.0. The molecule has 0 aliphatic heterocycles. The minimum absolute atomic E-state index is 0. The fourth-order valence-corrected chi connectivity index (χ4v) is 5.76. The predicted octanol–water partition coefficient (Wildman–Crippen LogP) is 4.89. The third-order valence-corrected chi connectivity index (χ3v) is 8.98. The Kier molecular flexibility index (Phi) is 14.1. The molecular weight excluding hydrogens is 700 g/mol. The van der Waals surface area contributed by atoms with Crippen LogP contribution in [0.4, 0.5) is 13.2 Å². The Hall–Kier alpha value is -2.65. The molecule has 0 spiro atoms. The summed E-state index contributed by atoms with van der Waals surface area (Å²) in [4.78, 5) is 0. The van der Waals surface area contributed by atoms with Gasteiger partial charge in [-0.05, 0) is 28.4 Å². The second-order valence-corrected chi connectivity index (χ2v) is 14.3. The van der Waals surface area contributed by atoms with Gasteiger partial charge in [0.15, 0.2) is 0 Å². The van der Waals surface area contributed by atoms with Crippen LogP contribution in [0.5, 0.6) is 0 Å². The average molecular weight is 739 g/mol.